The molecule has 3 nitrogen and oxygen atoms in total. The van der Waals surface area contributed by atoms with Crippen molar-refractivity contribution in [3.63, 3.8) is 0 Å². The summed E-state index contributed by atoms with van der Waals surface area (Å²) < 4.78 is 21.8. The van der Waals surface area contributed by atoms with E-state index >= 15 is 0 Å². The number of ketones is 1. The summed E-state index contributed by atoms with van der Waals surface area (Å²) in [7, 11) is -3.04. The maximum absolute atomic E-state index is 11.5. The molecule has 17 heavy (non-hydrogen) atoms. The van der Waals surface area contributed by atoms with Crippen LogP contribution in [0.15, 0.2) is 29.2 Å². The van der Waals surface area contributed by atoms with E-state index in [1.807, 2.05) is 31.2 Å². The van der Waals surface area contributed by atoms with Crippen molar-refractivity contribution in [2.75, 3.05) is 17.8 Å². The van der Waals surface area contributed by atoms with E-state index in [9.17, 15) is 13.2 Å². The van der Waals surface area contributed by atoms with Gasteiger partial charge in [-0.2, -0.15) is 0 Å². The number of sulfone groups is 1. The molecule has 5 heteroatoms. The van der Waals surface area contributed by atoms with Gasteiger partial charge in [0.1, 0.15) is 15.6 Å². The molecule has 0 N–H and O–H groups in total. The molecule has 0 spiro atoms. The Bertz CT molecular complexity index is 492. The normalized spacial score (nSPS) is 11.4. The molecule has 0 aliphatic rings. The summed E-state index contributed by atoms with van der Waals surface area (Å²) in [5.41, 5.74) is 1.15. The van der Waals surface area contributed by atoms with Gasteiger partial charge in [-0.3, -0.25) is 4.79 Å². The molecule has 0 radical (unpaired) electrons. The van der Waals surface area contributed by atoms with Crippen LogP contribution in [0.3, 0.4) is 0 Å². The van der Waals surface area contributed by atoms with E-state index in [0.717, 1.165) is 16.7 Å². The first-order valence-corrected chi connectivity index (χ1v) is 8.30. The molecule has 0 unspecified atom stereocenters. The predicted octanol–water partition coefficient (Wildman–Crippen LogP) is 2.09. The first kappa shape index (κ1) is 14.3. The quantitative estimate of drug-likeness (QED) is 0.744. The fourth-order valence-electron chi connectivity index (χ4n) is 1.24. The molecule has 0 aliphatic heterocycles. The fraction of sp³-hybridized carbons (Fsp3) is 0.417. The Labute approximate surface area is 107 Å². The fourth-order valence-corrected chi connectivity index (χ4v) is 2.75. The minimum atomic E-state index is -3.04. The number of hydrogen-bond donors (Lipinski definition) is 0. The Balaban J connectivity index is 2.38. The first-order chi connectivity index (χ1) is 7.87. The molecular formula is C12H16O3S2. The zero-order valence-electron chi connectivity index (χ0n) is 9.97. The van der Waals surface area contributed by atoms with Crippen LogP contribution in [0.2, 0.25) is 0 Å². The van der Waals surface area contributed by atoms with Crippen LogP contribution in [0.1, 0.15) is 12.0 Å². The summed E-state index contributed by atoms with van der Waals surface area (Å²) in [6, 6.07) is 7.89. The minimum absolute atomic E-state index is 0.0260. The van der Waals surface area contributed by atoms with Crippen molar-refractivity contribution in [3.05, 3.63) is 29.8 Å². The summed E-state index contributed by atoms with van der Waals surface area (Å²) in [5.74, 6) is 0.251. The van der Waals surface area contributed by atoms with Crippen LogP contribution in [-0.4, -0.2) is 32.0 Å². The number of Topliss-reactive ketones (excluding diaryl/α,β-unsaturated/α-hetero) is 1. The van der Waals surface area contributed by atoms with Crippen molar-refractivity contribution in [2.24, 2.45) is 0 Å². The number of carbonyl (C=O) groups excluding carboxylic acids is 1. The number of rotatable bonds is 6. The van der Waals surface area contributed by atoms with Crippen LogP contribution in [0, 0.1) is 6.92 Å². The number of thioether (sulfide) groups is 1. The number of hydrogen-bond acceptors (Lipinski definition) is 4. The number of aryl methyl sites for hydroxylation is 1. The molecular weight excluding hydrogens is 256 g/mol. The van der Waals surface area contributed by atoms with Crippen LogP contribution < -0.4 is 0 Å². The van der Waals surface area contributed by atoms with Crippen LogP contribution in [0.25, 0.3) is 0 Å². The number of benzene rings is 1. The van der Waals surface area contributed by atoms with Crippen molar-refractivity contribution < 1.29 is 13.2 Å². The first-order valence-electron chi connectivity index (χ1n) is 5.26. The summed E-state index contributed by atoms with van der Waals surface area (Å²) in [4.78, 5) is 12.5. The molecule has 0 fully saturated rings. The Morgan fingerprint density at radius 2 is 2.06 bits per heavy atom. The summed E-state index contributed by atoms with van der Waals surface area (Å²) in [6.45, 7) is 2.00. The van der Waals surface area contributed by atoms with Gasteiger partial charge in [0.15, 0.2) is 0 Å². The average molecular weight is 272 g/mol. The summed E-state index contributed by atoms with van der Waals surface area (Å²) >= 11 is 1.45. The Morgan fingerprint density at radius 3 is 2.65 bits per heavy atom. The molecule has 0 bridgehead atoms. The third-order valence-corrected chi connectivity index (χ3v) is 4.14. The molecule has 1 rings (SSSR count). The highest BCUT2D eigenvalue weighted by Crippen LogP contribution is 2.19. The van der Waals surface area contributed by atoms with Gasteiger partial charge < -0.3 is 0 Å². The average Bonchev–Trinajstić information content (AvgIpc) is 2.23. The van der Waals surface area contributed by atoms with Crippen LogP contribution >= 0.6 is 11.8 Å². The molecule has 0 aliphatic carbocycles. The molecule has 1 aromatic carbocycles. The Hall–Kier alpha value is -0.810. The van der Waals surface area contributed by atoms with E-state index in [1.165, 1.54) is 11.8 Å². The molecule has 0 aromatic heterocycles. The topological polar surface area (TPSA) is 51.2 Å². The second-order valence-corrected chi connectivity index (χ2v) is 7.33. The van der Waals surface area contributed by atoms with Crippen LogP contribution in [-0.2, 0) is 14.6 Å². The largest absolute Gasteiger partial charge is 0.299 e. The van der Waals surface area contributed by atoms with Gasteiger partial charge in [0.25, 0.3) is 0 Å². The Morgan fingerprint density at radius 1 is 1.35 bits per heavy atom. The van der Waals surface area contributed by atoms with Crippen LogP contribution in [0.4, 0.5) is 0 Å². The SMILES string of the molecule is Cc1cccc(SCC(=O)CCS(C)(=O)=O)c1. The van der Waals surface area contributed by atoms with Gasteiger partial charge in [-0.1, -0.05) is 17.7 Å². The minimum Gasteiger partial charge on any atom is -0.299 e. The van der Waals surface area contributed by atoms with E-state index in [-0.39, 0.29) is 18.0 Å². The van der Waals surface area contributed by atoms with Crippen molar-refractivity contribution >= 4 is 27.4 Å². The Kier molecular flexibility index (Phi) is 5.21. The zero-order chi connectivity index (χ0) is 12.9. The van der Waals surface area contributed by atoms with Gasteiger partial charge in [-0.05, 0) is 19.1 Å². The molecule has 0 amide bonds. The van der Waals surface area contributed by atoms with Gasteiger partial charge in [-0.25, -0.2) is 8.42 Å². The molecule has 94 valence electrons. The highest BCUT2D eigenvalue weighted by Gasteiger charge is 2.08. The molecule has 0 saturated carbocycles. The summed E-state index contributed by atoms with van der Waals surface area (Å²) in [6.07, 6.45) is 1.26. The second kappa shape index (κ2) is 6.21. The smallest absolute Gasteiger partial charge is 0.147 e. The molecule has 0 atom stereocenters. The van der Waals surface area contributed by atoms with Gasteiger partial charge >= 0.3 is 0 Å². The molecule has 0 heterocycles. The molecule has 0 saturated heterocycles. The highest BCUT2D eigenvalue weighted by molar-refractivity contribution is 8.00. The van der Waals surface area contributed by atoms with E-state index in [4.69, 9.17) is 0 Å². The zero-order valence-corrected chi connectivity index (χ0v) is 11.6. The number of carbonyl (C=O) groups is 1. The van der Waals surface area contributed by atoms with E-state index < -0.39 is 9.84 Å². The lowest BCUT2D eigenvalue weighted by molar-refractivity contribution is -0.116. The van der Waals surface area contributed by atoms with Crippen molar-refractivity contribution in [3.8, 4) is 0 Å². The van der Waals surface area contributed by atoms with Gasteiger partial charge in [0.2, 0.25) is 0 Å². The van der Waals surface area contributed by atoms with Gasteiger partial charge in [-0.15, -0.1) is 11.8 Å². The maximum atomic E-state index is 11.5. The standard InChI is InChI=1S/C12H16O3S2/c1-10-4-3-5-12(8-10)16-9-11(13)6-7-17(2,14)15/h3-5,8H,6-7,9H2,1-2H3. The highest BCUT2D eigenvalue weighted by atomic mass is 32.2. The molecule has 1 aromatic rings. The lowest BCUT2D eigenvalue weighted by Gasteiger charge is -2.02. The predicted molar refractivity (Wildman–Crippen MR) is 71.2 cm³/mol. The second-order valence-electron chi connectivity index (χ2n) is 4.02. The van der Waals surface area contributed by atoms with E-state index in [0.29, 0.717) is 5.75 Å². The van der Waals surface area contributed by atoms with Crippen LogP contribution in [0.5, 0.6) is 0 Å². The van der Waals surface area contributed by atoms with Crippen molar-refractivity contribution in [1.29, 1.82) is 0 Å². The lowest BCUT2D eigenvalue weighted by Crippen LogP contribution is -2.10. The third-order valence-electron chi connectivity index (χ3n) is 2.14. The monoisotopic (exact) mass is 272 g/mol. The maximum Gasteiger partial charge on any atom is 0.147 e. The van der Waals surface area contributed by atoms with Crippen molar-refractivity contribution in [1.82, 2.24) is 0 Å². The van der Waals surface area contributed by atoms with E-state index in [1.54, 1.807) is 0 Å². The lowest BCUT2D eigenvalue weighted by atomic mass is 10.2. The van der Waals surface area contributed by atoms with Gasteiger partial charge in [0.05, 0.1) is 11.5 Å². The van der Waals surface area contributed by atoms with Crippen molar-refractivity contribution in [2.45, 2.75) is 18.2 Å². The third kappa shape index (κ3) is 6.48. The van der Waals surface area contributed by atoms with E-state index in [2.05, 4.69) is 0 Å². The summed E-state index contributed by atoms with van der Waals surface area (Å²) in [5, 5.41) is 0. The van der Waals surface area contributed by atoms with Gasteiger partial charge in [0, 0.05) is 17.6 Å².